The number of carbonyl (C=O) groups excluding carboxylic acids is 4. The van der Waals surface area contributed by atoms with Crippen molar-refractivity contribution in [2.45, 2.75) is 89.3 Å². The van der Waals surface area contributed by atoms with Crippen molar-refractivity contribution < 1.29 is 28.7 Å². The summed E-state index contributed by atoms with van der Waals surface area (Å²) in [5, 5.41) is 11.6. The van der Waals surface area contributed by atoms with Gasteiger partial charge in [0.05, 0.1) is 12.2 Å². The number of unbranched alkanes of at least 4 members (excludes halogenated alkanes) is 5. The Morgan fingerprint density at radius 3 is 1.45 bits per heavy atom. The van der Waals surface area contributed by atoms with E-state index in [0.29, 0.717) is 48.4 Å². The average Bonchev–Trinajstić information content (AvgIpc) is 3.75. The highest BCUT2D eigenvalue weighted by Gasteiger charge is 2.18. The van der Waals surface area contributed by atoms with E-state index in [4.69, 9.17) is 9.47 Å². The number of ether oxygens (including phenoxy) is 2. The lowest BCUT2D eigenvalue weighted by Crippen LogP contribution is -2.31. The largest absolute Gasteiger partial charge is 0.376 e. The molecule has 4 rings (SSSR count). The monoisotopic (exact) mass is 606 g/mol. The van der Waals surface area contributed by atoms with Crippen LogP contribution in [0, 0.1) is 0 Å². The normalized spacial score (nSPS) is 17.6. The molecule has 2 aromatic carbocycles. The molecule has 2 unspecified atom stereocenters. The third-order valence-electron chi connectivity index (χ3n) is 7.90. The van der Waals surface area contributed by atoms with Gasteiger partial charge >= 0.3 is 0 Å². The van der Waals surface area contributed by atoms with Gasteiger partial charge in [-0.3, -0.25) is 19.2 Å². The minimum Gasteiger partial charge on any atom is -0.376 e. The molecule has 4 amide bonds. The molecule has 0 spiro atoms. The first-order valence-electron chi connectivity index (χ1n) is 16.1. The smallest absolute Gasteiger partial charge is 0.251 e. The third kappa shape index (κ3) is 11.7. The van der Waals surface area contributed by atoms with Crippen molar-refractivity contribution in [1.82, 2.24) is 10.6 Å². The van der Waals surface area contributed by atoms with E-state index >= 15 is 0 Å². The topological polar surface area (TPSA) is 135 Å². The number of hydrogen-bond donors (Lipinski definition) is 4. The summed E-state index contributed by atoms with van der Waals surface area (Å²) in [6.45, 7) is 2.49. The average molecular weight is 607 g/mol. The fourth-order valence-corrected chi connectivity index (χ4v) is 5.43. The van der Waals surface area contributed by atoms with Crippen molar-refractivity contribution in [3.8, 4) is 0 Å². The predicted octanol–water partition coefficient (Wildman–Crippen LogP) is 5.20. The molecular weight excluding hydrogens is 560 g/mol. The van der Waals surface area contributed by atoms with Gasteiger partial charge in [0, 0.05) is 61.6 Å². The number of carbonyl (C=O) groups is 4. The summed E-state index contributed by atoms with van der Waals surface area (Å²) in [7, 11) is 0. The molecular formula is C34H46N4O6. The Labute approximate surface area is 260 Å². The Hall–Kier alpha value is -3.76. The predicted molar refractivity (Wildman–Crippen MR) is 170 cm³/mol. The molecule has 2 heterocycles. The second-order valence-corrected chi connectivity index (χ2v) is 11.6. The molecule has 2 aromatic rings. The van der Waals surface area contributed by atoms with Crippen molar-refractivity contribution >= 4 is 35.0 Å². The van der Waals surface area contributed by atoms with Crippen molar-refractivity contribution in [3.05, 3.63) is 59.7 Å². The summed E-state index contributed by atoms with van der Waals surface area (Å²) in [5.41, 5.74) is 2.25. The Bertz CT molecular complexity index is 1140. The number of rotatable bonds is 17. The molecule has 0 bridgehead atoms. The third-order valence-corrected chi connectivity index (χ3v) is 7.90. The Morgan fingerprint density at radius 1 is 0.614 bits per heavy atom. The van der Waals surface area contributed by atoms with Crippen LogP contribution in [-0.4, -0.2) is 62.1 Å². The van der Waals surface area contributed by atoms with Crippen LogP contribution < -0.4 is 21.3 Å². The van der Waals surface area contributed by atoms with Gasteiger partial charge in [-0.05, 0) is 74.9 Å². The SMILES string of the molecule is O=C(CCCCCCCCC(=O)Nc1cccc(C(=O)NCC2CCCO2)c1)Nc1cccc(C(=O)NCC2CCCO2)c1. The van der Waals surface area contributed by atoms with Crippen molar-refractivity contribution in [2.24, 2.45) is 0 Å². The summed E-state index contributed by atoms with van der Waals surface area (Å²) in [4.78, 5) is 49.7. The fourth-order valence-electron chi connectivity index (χ4n) is 5.43. The van der Waals surface area contributed by atoms with Crippen LogP contribution in [0.3, 0.4) is 0 Å². The van der Waals surface area contributed by atoms with E-state index < -0.39 is 0 Å². The standard InChI is InChI=1S/C34H46N4O6/c39-31(37-27-13-7-11-25(21-27)33(41)35-23-29-15-9-19-43-29)17-5-3-1-2-4-6-18-32(40)38-28-14-8-12-26(22-28)34(42)36-24-30-16-10-20-44-30/h7-8,11-14,21-22,29-30H,1-6,9-10,15-20,23-24H2,(H,35,41)(H,36,42)(H,37,39)(H,38,40). The lowest BCUT2D eigenvalue weighted by Gasteiger charge is -2.12. The molecule has 44 heavy (non-hydrogen) atoms. The van der Waals surface area contributed by atoms with E-state index in [0.717, 1.165) is 77.4 Å². The number of benzene rings is 2. The molecule has 2 atom stereocenters. The fraction of sp³-hybridized carbons (Fsp3) is 0.529. The maximum Gasteiger partial charge on any atom is 0.251 e. The molecule has 2 saturated heterocycles. The van der Waals surface area contributed by atoms with E-state index in [9.17, 15) is 19.2 Å². The summed E-state index contributed by atoms with van der Waals surface area (Å²) in [6, 6.07) is 14.0. The van der Waals surface area contributed by atoms with Gasteiger partial charge in [-0.2, -0.15) is 0 Å². The molecule has 0 radical (unpaired) electrons. The zero-order valence-corrected chi connectivity index (χ0v) is 25.5. The lowest BCUT2D eigenvalue weighted by atomic mass is 10.1. The van der Waals surface area contributed by atoms with Gasteiger partial charge in [0.1, 0.15) is 0 Å². The highest BCUT2D eigenvalue weighted by atomic mass is 16.5. The van der Waals surface area contributed by atoms with Gasteiger partial charge in [0.15, 0.2) is 0 Å². The summed E-state index contributed by atoms with van der Waals surface area (Å²) in [6.07, 6.45) is 10.4. The summed E-state index contributed by atoms with van der Waals surface area (Å²) >= 11 is 0. The van der Waals surface area contributed by atoms with Crippen LogP contribution in [0.15, 0.2) is 48.5 Å². The van der Waals surface area contributed by atoms with Crippen LogP contribution >= 0.6 is 0 Å². The number of nitrogens with one attached hydrogen (secondary N) is 4. The molecule has 10 nitrogen and oxygen atoms in total. The molecule has 0 aromatic heterocycles. The molecule has 0 saturated carbocycles. The molecule has 4 N–H and O–H groups in total. The van der Waals surface area contributed by atoms with Crippen LogP contribution in [0.25, 0.3) is 0 Å². The molecule has 2 aliphatic rings. The van der Waals surface area contributed by atoms with Crippen LogP contribution in [0.2, 0.25) is 0 Å². The summed E-state index contributed by atoms with van der Waals surface area (Å²) in [5.74, 6) is -0.479. The highest BCUT2D eigenvalue weighted by molar-refractivity contribution is 5.98. The van der Waals surface area contributed by atoms with Crippen LogP contribution in [0.4, 0.5) is 11.4 Å². The molecule has 238 valence electrons. The van der Waals surface area contributed by atoms with E-state index in [1.165, 1.54) is 0 Å². The first-order chi connectivity index (χ1) is 21.5. The maximum atomic E-state index is 12.4. The Morgan fingerprint density at radius 2 is 1.05 bits per heavy atom. The van der Waals surface area contributed by atoms with Crippen molar-refractivity contribution in [2.75, 3.05) is 36.9 Å². The Balaban J connectivity index is 1.02. The summed E-state index contributed by atoms with van der Waals surface area (Å²) < 4.78 is 11.1. The van der Waals surface area contributed by atoms with Crippen LogP contribution in [-0.2, 0) is 19.1 Å². The lowest BCUT2D eigenvalue weighted by molar-refractivity contribution is -0.117. The van der Waals surface area contributed by atoms with Gasteiger partial charge in [-0.15, -0.1) is 0 Å². The van der Waals surface area contributed by atoms with Gasteiger partial charge < -0.3 is 30.7 Å². The van der Waals surface area contributed by atoms with Crippen molar-refractivity contribution in [3.63, 3.8) is 0 Å². The van der Waals surface area contributed by atoms with Gasteiger partial charge in [0.2, 0.25) is 11.8 Å². The first kappa shape index (κ1) is 33.1. The second kappa shape index (κ2) is 18.1. The highest BCUT2D eigenvalue weighted by Crippen LogP contribution is 2.16. The van der Waals surface area contributed by atoms with Gasteiger partial charge in [-0.25, -0.2) is 0 Å². The molecule has 2 fully saturated rings. The molecule has 2 aliphatic heterocycles. The quantitative estimate of drug-likeness (QED) is 0.183. The number of amides is 4. The number of anilines is 2. The molecule has 0 aliphatic carbocycles. The van der Waals surface area contributed by atoms with E-state index in [-0.39, 0.29) is 35.8 Å². The van der Waals surface area contributed by atoms with Crippen LogP contribution in [0.1, 0.15) is 97.8 Å². The Kier molecular flexibility index (Phi) is 13.7. The van der Waals surface area contributed by atoms with Crippen LogP contribution in [0.5, 0.6) is 0 Å². The van der Waals surface area contributed by atoms with Crippen molar-refractivity contribution in [1.29, 1.82) is 0 Å². The second-order valence-electron chi connectivity index (χ2n) is 11.6. The first-order valence-corrected chi connectivity index (χ1v) is 16.1. The minimum atomic E-state index is -0.173. The van der Waals surface area contributed by atoms with Gasteiger partial charge in [0.25, 0.3) is 11.8 Å². The van der Waals surface area contributed by atoms with E-state index in [1.807, 2.05) is 0 Å². The molecule has 10 heteroatoms. The maximum absolute atomic E-state index is 12.4. The van der Waals surface area contributed by atoms with Gasteiger partial charge in [-0.1, -0.05) is 37.8 Å². The zero-order chi connectivity index (χ0) is 31.0. The van der Waals surface area contributed by atoms with E-state index in [1.54, 1.807) is 48.5 Å². The number of hydrogen-bond acceptors (Lipinski definition) is 6. The minimum absolute atomic E-state index is 0.0667. The van der Waals surface area contributed by atoms with E-state index in [2.05, 4.69) is 21.3 Å². The zero-order valence-electron chi connectivity index (χ0n) is 25.5.